The number of rotatable bonds is 5. The van der Waals surface area contributed by atoms with Gasteiger partial charge in [0.05, 0.1) is 13.7 Å². The Morgan fingerprint density at radius 2 is 2.07 bits per heavy atom. The molecule has 1 aromatic rings. The standard InChI is InChI=1S/C10H15NO3/c1-13-7-8-3-4-10(14-2)5-9(8)6-11-12/h3-5,11-12H,6-7H2,1-2H3. The predicted molar refractivity (Wildman–Crippen MR) is 52.3 cm³/mol. The van der Waals surface area contributed by atoms with E-state index in [0.29, 0.717) is 13.2 Å². The summed E-state index contributed by atoms with van der Waals surface area (Å²) in [4.78, 5) is 0. The molecule has 0 radical (unpaired) electrons. The molecule has 0 spiro atoms. The molecule has 0 aliphatic carbocycles. The van der Waals surface area contributed by atoms with Crippen LogP contribution in [0.25, 0.3) is 0 Å². The smallest absolute Gasteiger partial charge is 0.119 e. The van der Waals surface area contributed by atoms with Crippen LogP contribution in [-0.2, 0) is 17.9 Å². The van der Waals surface area contributed by atoms with Crippen molar-refractivity contribution in [2.45, 2.75) is 13.2 Å². The van der Waals surface area contributed by atoms with E-state index < -0.39 is 0 Å². The van der Waals surface area contributed by atoms with Crippen molar-refractivity contribution in [1.29, 1.82) is 0 Å². The van der Waals surface area contributed by atoms with Crippen molar-refractivity contribution in [3.8, 4) is 5.75 Å². The van der Waals surface area contributed by atoms with Gasteiger partial charge in [-0.05, 0) is 23.3 Å². The topological polar surface area (TPSA) is 50.7 Å². The summed E-state index contributed by atoms with van der Waals surface area (Å²) in [6.07, 6.45) is 0. The molecule has 0 atom stereocenters. The van der Waals surface area contributed by atoms with Gasteiger partial charge in [-0.15, -0.1) is 0 Å². The van der Waals surface area contributed by atoms with Crippen molar-refractivity contribution in [3.05, 3.63) is 29.3 Å². The quantitative estimate of drug-likeness (QED) is 0.699. The third kappa shape index (κ3) is 2.70. The molecule has 1 aromatic carbocycles. The van der Waals surface area contributed by atoms with E-state index in [1.165, 1.54) is 0 Å². The Morgan fingerprint density at radius 1 is 1.29 bits per heavy atom. The summed E-state index contributed by atoms with van der Waals surface area (Å²) in [7, 11) is 3.25. The number of methoxy groups -OCH3 is 2. The molecule has 14 heavy (non-hydrogen) atoms. The van der Waals surface area contributed by atoms with Crippen LogP contribution in [0.5, 0.6) is 5.75 Å². The lowest BCUT2D eigenvalue weighted by molar-refractivity contribution is 0.157. The number of hydroxylamine groups is 1. The van der Waals surface area contributed by atoms with Crippen LogP contribution in [-0.4, -0.2) is 19.4 Å². The molecule has 4 nitrogen and oxygen atoms in total. The Labute approximate surface area is 83.4 Å². The number of hydrogen-bond donors (Lipinski definition) is 2. The van der Waals surface area contributed by atoms with Crippen LogP contribution in [0.2, 0.25) is 0 Å². The van der Waals surface area contributed by atoms with Gasteiger partial charge < -0.3 is 14.7 Å². The molecule has 2 N–H and O–H groups in total. The fourth-order valence-corrected chi connectivity index (χ4v) is 1.28. The summed E-state index contributed by atoms with van der Waals surface area (Å²) in [5, 5.41) is 8.64. The lowest BCUT2D eigenvalue weighted by Crippen LogP contribution is -2.09. The van der Waals surface area contributed by atoms with E-state index in [2.05, 4.69) is 5.48 Å². The van der Waals surface area contributed by atoms with Gasteiger partial charge in [0.1, 0.15) is 5.75 Å². The normalized spacial score (nSPS) is 10.2. The zero-order valence-corrected chi connectivity index (χ0v) is 8.41. The first kappa shape index (κ1) is 11.0. The monoisotopic (exact) mass is 197 g/mol. The third-order valence-corrected chi connectivity index (χ3v) is 1.98. The van der Waals surface area contributed by atoms with E-state index in [1.807, 2.05) is 18.2 Å². The molecule has 0 fully saturated rings. The van der Waals surface area contributed by atoms with Gasteiger partial charge in [0.15, 0.2) is 0 Å². The number of hydrogen-bond acceptors (Lipinski definition) is 4. The summed E-state index contributed by atoms with van der Waals surface area (Å²) in [6, 6.07) is 5.67. The largest absolute Gasteiger partial charge is 0.497 e. The second-order valence-electron chi connectivity index (χ2n) is 2.90. The Kier molecular flexibility index (Phi) is 4.39. The summed E-state index contributed by atoms with van der Waals surface area (Å²) >= 11 is 0. The number of ether oxygens (including phenoxy) is 2. The molecule has 0 heterocycles. The fourth-order valence-electron chi connectivity index (χ4n) is 1.28. The lowest BCUT2D eigenvalue weighted by atomic mass is 10.1. The van der Waals surface area contributed by atoms with Gasteiger partial charge in [-0.3, -0.25) is 0 Å². The van der Waals surface area contributed by atoms with Gasteiger partial charge in [-0.1, -0.05) is 6.07 Å². The van der Waals surface area contributed by atoms with E-state index in [0.717, 1.165) is 16.9 Å². The lowest BCUT2D eigenvalue weighted by Gasteiger charge is -2.09. The van der Waals surface area contributed by atoms with Crippen LogP contribution >= 0.6 is 0 Å². The second-order valence-corrected chi connectivity index (χ2v) is 2.90. The summed E-state index contributed by atoms with van der Waals surface area (Å²) in [5.74, 6) is 0.773. The molecular weight excluding hydrogens is 182 g/mol. The molecule has 0 saturated heterocycles. The van der Waals surface area contributed by atoms with Gasteiger partial charge in [0.2, 0.25) is 0 Å². The highest BCUT2D eigenvalue weighted by Crippen LogP contribution is 2.18. The predicted octanol–water partition coefficient (Wildman–Crippen LogP) is 1.32. The van der Waals surface area contributed by atoms with E-state index >= 15 is 0 Å². The highest BCUT2D eigenvalue weighted by atomic mass is 16.5. The maximum absolute atomic E-state index is 8.64. The molecule has 78 valence electrons. The molecule has 0 amide bonds. The Morgan fingerprint density at radius 3 is 2.64 bits per heavy atom. The molecular formula is C10H15NO3. The van der Waals surface area contributed by atoms with Crippen LogP contribution in [0.15, 0.2) is 18.2 Å². The summed E-state index contributed by atoms with van der Waals surface area (Å²) < 4.78 is 10.1. The number of nitrogens with one attached hydrogen (secondary N) is 1. The molecule has 0 aliphatic heterocycles. The van der Waals surface area contributed by atoms with Crippen molar-refractivity contribution in [2.75, 3.05) is 14.2 Å². The zero-order valence-electron chi connectivity index (χ0n) is 8.41. The van der Waals surface area contributed by atoms with E-state index in [9.17, 15) is 0 Å². The first-order valence-electron chi connectivity index (χ1n) is 4.33. The Bertz CT molecular complexity index is 289. The van der Waals surface area contributed by atoms with Gasteiger partial charge in [-0.25, -0.2) is 5.48 Å². The van der Waals surface area contributed by atoms with Gasteiger partial charge in [-0.2, -0.15) is 0 Å². The summed E-state index contributed by atoms with van der Waals surface area (Å²) in [6.45, 7) is 0.914. The van der Waals surface area contributed by atoms with Crippen molar-refractivity contribution < 1.29 is 14.7 Å². The molecule has 0 unspecified atom stereocenters. The van der Waals surface area contributed by atoms with Crippen molar-refractivity contribution >= 4 is 0 Å². The first-order chi connectivity index (χ1) is 6.81. The highest BCUT2D eigenvalue weighted by Gasteiger charge is 2.03. The van der Waals surface area contributed by atoms with Gasteiger partial charge >= 0.3 is 0 Å². The minimum Gasteiger partial charge on any atom is -0.497 e. The van der Waals surface area contributed by atoms with Gasteiger partial charge in [0, 0.05) is 13.7 Å². The molecule has 4 heteroatoms. The fraction of sp³-hybridized carbons (Fsp3) is 0.400. The van der Waals surface area contributed by atoms with E-state index in [4.69, 9.17) is 14.7 Å². The average molecular weight is 197 g/mol. The molecule has 1 rings (SSSR count). The van der Waals surface area contributed by atoms with Crippen LogP contribution in [0.1, 0.15) is 11.1 Å². The summed E-state index contributed by atoms with van der Waals surface area (Å²) in [5.41, 5.74) is 4.13. The third-order valence-electron chi connectivity index (χ3n) is 1.98. The van der Waals surface area contributed by atoms with E-state index in [-0.39, 0.29) is 0 Å². The van der Waals surface area contributed by atoms with Gasteiger partial charge in [0.25, 0.3) is 0 Å². The maximum Gasteiger partial charge on any atom is 0.119 e. The second kappa shape index (κ2) is 5.59. The van der Waals surface area contributed by atoms with E-state index in [1.54, 1.807) is 14.2 Å². The molecule has 0 aliphatic rings. The number of benzene rings is 1. The Balaban J connectivity index is 2.91. The molecule has 0 bridgehead atoms. The van der Waals surface area contributed by atoms with Crippen LogP contribution in [0.4, 0.5) is 0 Å². The molecule has 0 aromatic heterocycles. The zero-order chi connectivity index (χ0) is 10.4. The van der Waals surface area contributed by atoms with Crippen LogP contribution < -0.4 is 10.2 Å². The Hall–Kier alpha value is -1.10. The minimum absolute atomic E-state index is 0.385. The molecule has 0 saturated carbocycles. The SMILES string of the molecule is COCc1ccc(OC)cc1CNO. The van der Waals surface area contributed by atoms with Crippen LogP contribution in [0.3, 0.4) is 0 Å². The van der Waals surface area contributed by atoms with Crippen molar-refractivity contribution in [2.24, 2.45) is 0 Å². The average Bonchev–Trinajstić information content (AvgIpc) is 2.21. The van der Waals surface area contributed by atoms with Crippen molar-refractivity contribution in [3.63, 3.8) is 0 Å². The first-order valence-corrected chi connectivity index (χ1v) is 4.33. The maximum atomic E-state index is 8.64. The minimum atomic E-state index is 0.385. The van der Waals surface area contributed by atoms with Crippen LogP contribution in [0, 0.1) is 0 Å². The highest BCUT2D eigenvalue weighted by molar-refractivity contribution is 5.35. The van der Waals surface area contributed by atoms with Crippen molar-refractivity contribution in [1.82, 2.24) is 5.48 Å².